The molecule has 4 nitrogen and oxygen atoms in total. The van der Waals surface area contributed by atoms with Crippen molar-refractivity contribution in [3.63, 3.8) is 0 Å². The Bertz CT molecular complexity index is 458. The second-order valence-electron chi connectivity index (χ2n) is 6.26. The fraction of sp³-hybridized carbons (Fsp3) is 0.588. The van der Waals surface area contributed by atoms with Crippen LogP contribution in [-0.2, 0) is 11.3 Å². The minimum Gasteiger partial charge on any atom is -0.354 e. The van der Waals surface area contributed by atoms with Crippen molar-refractivity contribution in [2.75, 3.05) is 13.6 Å². The number of hydrogen-bond donors (Lipinski definition) is 2. The molecule has 1 aromatic rings. The van der Waals surface area contributed by atoms with Crippen LogP contribution in [0.5, 0.6) is 0 Å². The van der Waals surface area contributed by atoms with Gasteiger partial charge in [-0.2, -0.15) is 0 Å². The van der Waals surface area contributed by atoms with Crippen molar-refractivity contribution < 1.29 is 4.79 Å². The zero-order chi connectivity index (χ0) is 15.2. The van der Waals surface area contributed by atoms with Crippen LogP contribution in [0.2, 0.25) is 0 Å². The molecule has 1 fully saturated rings. The van der Waals surface area contributed by atoms with Gasteiger partial charge >= 0.3 is 0 Å². The van der Waals surface area contributed by atoms with E-state index in [-0.39, 0.29) is 42.7 Å². The van der Waals surface area contributed by atoms with Gasteiger partial charge in [0.15, 0.2) is 0 Å². The number of benzene rings is 1. The van der Waals surface area contributed by atoms with E-state index in [1.165, 1.54) is 5.56 Å². The summed E-state index contributed by atoms with van der Waals surface area (Å²) in [7, 11) is 2.09. The third kappa shape index (κ3) is 7.08. The molecule has 0 aromatic heterocycles. The molecule has 2 rings (SSSR count). The van der Waals surface area contributed by atoms with Crippen molar-refractivity contribution >= 4 is 30.7 Å². The largest absolute Gasteiger partial charge is 0.354 e. The summed E-state index contributed by atoms with van der Waals surface area (Å²) in [5.74, 6) is 0.287. The quantitative estimate of drug-likeness (QED) is 0.818. The molecule has 0 spiro atoms. The van der Waals surface area contributed by atoms with Gasteiger partial charge < -0.3 is 11.1 Å². The Morgan fingerprint density at radius 2 is 1.96 bits per heavy atom. The van der Waals surface area contributed by atoms with Crippen LogP contribution in [0.15, 0.2) is 30.3 Å². The Kier molecular flexibility index (Phi) is 10.5. The molecule has 1 aromatic carbocycles. The number of carbonyl (C=O) groups excluding carboxylic acids is 1. The number of carbonyl (C=O) groups is 1. The van der Waals surface area contributed by atoms with Crippen molar-refractivity contribution in [2.45, 2.75) is 44.8 Å². The van der Waals surface area contributed by atoms with Crippen LogP contribution in [0, 0.1) is 5.92 Å². The van der Waals surface area contributed by atoms with Gasteiger partial charge in [-0.1, -0.05) is 30.3 Å². The summed E-state index contributed by atoms with van der Waals surface area (Å²) in [6.45, 7) is 3.73. The lowest BCUT2D eigenvalue weighted by atomic mass is 10.1. The maximum Gasteiger partial charge on any atom is 0.223 e. The number of hydrogen-bond acceptors (Lipinski definition) is 3. The number of halogens is 2. The molecule has 0 bridgehead atoms. The van der Waals surface area contributed by atoms with Crippen molar-refractivity contribution in [1.82, 2.24) is 10.2 Å². The average molecular weight is 362 g/mol. The van der Waals surface area contributed by atoms with Gasteiger partial charge in [0.05, 0.1) is 0 Å². The summed E-state index contributed by atoms with van der Waals surface area (Å²) in [4.78, 5) is 14.4. The lowest BCUT2D eigenvalue weighted by molar-refractivity contribution is -0.125. The molecule has 0 saturated heterocycles. The molecule has 0 radical (unpaired) electrons. The standard InChI is InChI=1S/C17H27N3O.2ClH/c1-13(20(2)12-14-6-4-3-5-7-14)11-19-17(21)15-8-9-16(18)10-15;;/h3-7,13,15-16H,8-12,18H2,1-2H3,(H,19,21);2*1H. The summed E-state index contributed by atoms with van der Waals surface area (Å²) in [5.41, 5.74) is 7.16. The number of amides is 1. The highest BCUT2D eigenvalue weighted by Gasteiger charge is 2.27. The Labute approximate surface area is 152 Å². The van der Waals surface area contributed by atoms with Gasteiger partial charge in [-0.05, 0) is 38.8 Å². The number of nitrogens with one attached hydrogen (secondary N) is 1. The van der Waals surface area contributed by atoms with Crippen LogP contribution >= 0.6 is 24.8 Å². The second kappa shape index (κ2) is 10.9. The molecule has 0 aliphatic heterocycles. The minimum absolute atomic E-state index is 0. The number of likely N-dealkylation sites (N-methyl/N-ethyl adjacent to an activating group) is 1. The van der Waals surface area contributed by atoms with Crippen molar-refractivity contribution in [2.24, 2.45) is 11.7 Å². The molecule has 1 amide bonds. The smallest absolute Gasteiger partial charge is 0.223 e. The van der Waals surface area contributed by atoms with Crippen LogP contribution in [-0.4, -0.2) is 36.5 Å². The second-order valence-corrected chi connectivity index (χ2v) is 6.26. The predicted octanol–water partition coefficient (Wildman–Crippen LogP) is 2.59. The van der Waals surface area contributed by atoms with Crippen LogP contribution in [0.1, 0.15) is 31.7 Å². The van der Waals surface area contributed by atoms with Gasteiger partial charge in [0.25, 0.3) is 0 Å². The molecule has 132 valence electrons. The van der Waals surface area contributed by atoms with E-state index in [1.807, 2.05) is 6.07 Å². The van der Waals surface area contributed by atoms with Gasteiger partial charge in [-0.3, -0.25) is 9.69 Å². The van der Waals surface area contributed by atoms with E-state index in [9.17, 15) is 4.79 Å². The minimum atomic E-state index is 0. The maximum absolute atomic E-state index is 12.1. The molecular formula is C17H29Cl2N3O. The zero-order valence-corrected chi connectivity index (χ0v) is 15.5. The highest BCUT2D eigenvalue weighted by molar-refractivity contribution is 5.85. The SMILES string of the molecule is CC(CNC(=O)C1CCC(N)C1)N(C)Cc1ccccc1.Cl.Cl. The van der Waals surface area contributed by atoms with E-state index < -0.39 is 0 Å². The van der Waals surface area contributed by atoms with E-state index in [0.717, 1.165) is 25.8 Å². The van der Waals surface area contributed by atoms with Gasteiger partial charge in [-0.15, -0.1) is 24.8 Å². The molecule has 0 heterocycles. The van der Waals surface area contributed by atoms with E-state index >= 15 is 0 Å². The first-order valence-corrected chi connectivity index (χ1v) is 7.83. The van der Waals surface area contributed by atoms with Gasteiger partial charge in [0, 0.05) is 31.1 Å². The summed E-state index contributed by atoms with van der Waals surface area (Å²) >= 11 is 0. The first-order chi connectivity index (χ1) is 10.1. The zero-order valence-electron chi connectivity index (χ0n) is 13.9. The Morgan fingerprint density at radius 1 is 1.30 bits per heavy atom. The molecular weight excluding hydrogens is 333 g/mol. The normalized spacial score (nSPS) is 21.2. The van der Waals surface area contributed by atoms with Crippen LogP contribution in [0.3, 0.4) is 0 Å². The highest BCUT2D eigenvalue weighted by atomic mass is 35.5. The number of rotatable bonds is 6. The topological polar surface area (TPSA) is 58.4 Å². The summed E-state index contributed by atoms with van der Waals surface area (Å²) in [5, 5.41) is 3.08. The molecule has 1 aliphatic rings. The fourth-order valence-corrected chi connectivity index (χ4v) is 2.83. The maximum atomic E-state index is 12.1. The van der Waals surface area contributed by atoms with Crippen LogP contribution in [0.25, 0.3) is 0 Å². The first kappa shape index (κ1) is 22.2. The van der Waals surface area contributed by atoms with E-state index in [0.29, 0.717) is 12.6 Å². The average Bonchev–Trinajstić information content (AvgIpc) is 2.92. The molecule has 6 heteroatoms. The van der Waals surface area contributed by atoms with E-state index in [4.69, 9.17) is 5.73 Å². The summed E-state index contributed by atoms with van der Waals surface area (Å²) in [6.07, 6.45) is 2.74. The predicted molar refractivity (Wildman–Crippen MR) is 100 cm³/mol. The summed E-state index contributed by atoms with van der Waals surface area (Å²) in [6, 6.07) is 10.9. The molecule has 3 unspecified atom stereocenters. The Balaban J connectivity index is 0.00000242. The fourth-order valence-electron chi connectivity index (χ4n) is 2.83. The summed E-state index contributed by atoms with van der Waals surface area (Å²) < 4.78 is 0. The molecule has 3 N–H and O–H groups in total. The Morgan fingerprint density at radius 3 is 2.52 bits per heavy atom. The third-order valence-electron chi connectivity index (χ3n) is 4.44. The molecule has 1 aliphatic carbocycles. The van der Waals surface area contributed by atoms with Crippen molar-refractivity contribution in [3.8, 4) is 0 Å². The van der Waals surface area contributed by atoms with Gasteiger partial charge in [-0.25, -0.2) is 0 Å². The van der Waals surface area contributed by atoms with Gasteiger partial charge in [0.2, 0.25) is 5.91 Å². The first-order valence-electron chi connectivity index (χ1n) is 7.83. The third-order valence-corrected chi connectivity index (χ3v) is 4.44. The lowest BCUT2D eigenvalue weighted by Crippen LogP contribution is -2.41. The van der Waals surface area contributed by atoms with E-state index in [2.05, 4.69) is 48.5 Å². The lowest BCUT2D eigenvalue weighted by Gasteiger charge is -2.25. The Hall–Kier alpha value is -0.810. The number of nitrogens with two attached hydrogens (primary N) is 1. The van der Waals surface area contributed by atoms with Gasteiger partial charge in [0.1, 0.15) is 0 Å². The molecule has 3 atom stereocenters. The molecule has 23 heavy (non-hydrogen) atoms. The highest BCUT2D eigenvalue weighted by Crippen LogP contribution is 2.24. The van der Waals surface area contributed by atoms with Crippen molar-refractivity contribution in [1.29, 1.82) is 0 Å². The number of nitrogens with zero attached hydrogens (tertiary/aromatic N) is 1. The van der Waals surface area contributed by atoms with E-state index in [1.54, 1.807) is 0 Å². The van der Waals surface area contributed by atoms with Crippen molar-refractivity contribution in [3.05, 3.63) is 35.9 Å². The van der Waals surface area contributed by atoms with Crippen LogP contribution < -0.4 is 11.1 Å². The van der Waals surface area contributed by atoms with Crippen LogP contribution in [0.4, 0.5) is 0 Å². The molecule has 1 saturated carbocycles. The monoisotopic (exact) mass is 361 g/mol.